The molecule has 8 nitrogen and oxygen atoms in total. The first-order valence-corrected chi connectivity index (χ1v) is 13.3. The van der Waals surface area contributed by atoms with Crippen molar-refractivity contribution in [1.82, 2.24) is 19.3 Å². The number of aromatic nitrogens is 3. The van der Waals surface area contributed by atoms with Crippen molar-refractivity contribution in [3.63, 3.8) is 0 Å². The van der Waals surface area contributed by atoms with E-state index in [4.69, 9.17) is 0 Å². The number of amides is 2. The fourth-order valence-corrected chi connectivity index (χ4v) is 4.71. The number of hydrogen-bond acceptors (Lipinski definition) is 6. The fraction of sp³-hybridized carbons (Fsp3) is 0.172. The Morgan fingerprint density at radius 2 is 1.85 bits per heavy atom. The number of nitrogens with zero attached hydrogens (tertiary/aromatic N) is 4. The van der Waals surface area contributed by atoms with Crippen LogP contribution in [0.2, 0.25) is 0 Å². The number of hydrogen-bond donors (Lipinski definition) is 2. The number of rotatable bonds is 7. The zero-order valence-electron chi connectivity index (χ0n) is 22.2. The lowest BCUT2D eigenvalue weighted by Gasteiger charge is -2.14. The lowest BCUT2D eigenvalue weighted by molar-refractivity contribution is -0.274. The molecule has 2 aromatic heterocycles. The summed E-state index contributed by atoms with van der Waals surface area (Å²) in [7, 11) is 0. The molecular formula is C29H25F3N6O2S. The van der Waals surface area contributed by atoms with Crippen LogP contribution >= 0.6 is 12.1 Å². The molecule has 2 amide bonds. The second-order valence-electron chi connectivity index (χ2n) is 9.52. The van der Waals surface area contributed by atoms with Crippen molar-refractivity contribution in [3.8, 4) is 11.4 Å². The van der Waals surface area contributed by atoms with Crippen LogP contribution in [-0.4, -0.2) is 33.1 Å². The third-order valence-corrected chi connectivity index (χ3v) is 6.70. The van der Waals surface area contributed by atoms with Crippen molar-refractivity contribution in [1.29, 1.82) is 0 Å². The van der Waals surface area contributed by atoms with Gasteiger partial charge in [0.25, 0.3) is 0 Å². The summed E-state index contributed by atoms with van der Waals surface area (Å²) in [6.45, 7) is 6.11. The number of benzene rings is 3. The van der Waals surface area contributed by atoms with Gasteiger partial charge in [0.15, 0.2) is 0 Å². The number of carbonyl (C=O) groups excluding carboxylic acids is 1. The van der Waals surface area contributed by atoms with Gasteiger partial charge in [0.1, 0.15) is 12.1 Å². The summed E-state index contributed by atoms with van der Waals surface area (Å²) < 4.78 is 50.0. The highest BCUT2D eigenvalue weighted by molar-refractivity contribution is 7.96. The Morgan fingerprint density at radius 3 is 2.59 bits per heavy atom. The van der Waals surface area contributed by atoms with E-state index in [1.165, 1.54) is 24.3 Å². The summed E-state index contributed by atoms with van der Waals surface area (Å²) >= 11 is 0.887. The second-order valence-corrected chi connectivity index (χ2v) is 10.1. The van der Waals surface area contributed by atoms with Crippen molar-refractivity contribution in [3.05, 3.63) is 89.9 Å². The molecule has 2 heterocycles. The van der Waals surface area contributed by atoms with Crippen LogP contribution < -0.4 is 14.8 Å². The number of anilines is 1. The Hall–Kier alpha value is -4.58. The molecule has 5 rings (SSSR count). The number of ether oxygens (including phenoxy) is 1. The monoisotopic (exact) mass is 578 g/mol. The van der Waals surface area contributed by atoms with Crippen molar-refractivity contribution in [2.24, 2.45) is 4.40 Å². The number of alkyl halides is 3. The van der Waals surface area contributed by atoms with Crippen LogP contribution in [-0.2, 0) is 0 Å². The van der Waals surface area contributed by atoms with E-state index in [-0.39, 0.29) is 17.7 Å². The molecule has 12 heteroatoms. The molecule has 41 heavy (non-hydrogen) atoms. The highest BCUT2D eigenvalue weighted by Gasteiger charge is 2.31. The van der Waals surface area contributed by atoms with Gasteiger partial charge in [-0.25, -0.2) is 19.2 Å². The summed E-state index contributed by atoms with van der Waals surface area (Å²) in [5.74, 6) is -0.0334. The van der Waals surface area contributed by atoms with Gasteiger partial charge in [-0.1, -0.05) is 26.0 Å². The van der Waals surface area contributed by atoms with Crippen LogP contribution in [0.15, 0.2) is 77.5 Å². The number of halogens is 3. The van der Waals surface area contributed by atoms with Crippen LogP contribution in [0.3, 0.4) is 0 Å². The average molecular weight is 579 g/mol. The molecular weight excluding hydrogens is 553 g/mol. The van der Waals surface area contributed by atoms with Crippen LogP contribution in [0.1, 0.15) is 36.6 Å². The first-order chi connectivity index (χ1) is 19.6. The van der Waals surface area contributed by atoms with Gasteiger partial charge >= 0.3 is 12.4 Å². The van der Waals surface area contributed by atoms with Gasteiger partial charge in [0, 0.05) is 16.8 Å². The summed E-state index contributed by atoms with van der Waals surface area (Å²) in [4.78, 5) is 21.5. The number of carbonyl (C=O) groups is 1. The summed E-state index contributed by atoms with van der Waals surface area (Å²) in [6.07, 6.45) is -1.60. The average Bonchev–Trinajstić information content (AvgIpc) is 3.35. The maximum Gasteiger partial charge on any atom is 0.573 e. The van der Waals surface area contributed by atoms with E-state index in [1.807, 2.05) is 43.3 Å². The van der Waals surface area contributed by atoms with E-state index in [1.54, 1.807) is 23.2 Å². The predicted molar refractivity (Wildman–Crippen MR) is 156 cm³/mol. The Labute approximate surface area is 237 Å². The molecule has 2 N–H and O–H groups in total. The SMILES string of the molecule is Cc1ccc(C(C)C)c(NC(=O)NSN=Cc2ccc3c(ccc4c3ncn4-c3ccc(OC(F)(F)F)cc3)n2)c1. The lowest BCUT2D eigenvalue weighted by Crippen LogP contribution is -2.23. The van der Waals surface area contributed by atoms with Gasteiger partial charge in [-0.3, -0.25) is 9.29 Å². The molecule has 0 fully saturated rings. The van der Waals surface area contributed by atoms with Crippen LogP contribution in [0.5, 0.6) is 5.75 Å². The van der Waals surface area contributed by atoms with Gasteiger partial charge in [0.05, 0.1) is 40.6 Å². The molecule has 0 atom stereocenters. The Morgan fingerprint density at radius 1 is 1.07 bits per heavy atom. The number of pyridine rings is 1. The molecule has 0 radical (unpaired) electrons. The lowest BCUT2D eigenvalue weighted by atomic mass is 9.99. The second kappa shape index (κ2) is 11.5. The highest BCUT2D eigenvalue weighted by atomic mass is 32.2. The minimum atomic E-state index is -4.75. The van der Waals surface area contributed by atoms with E-state index >= 15 is 0 Å². The van der Waals surface area contributed by atoms with Gasteiger partial charge in [-0.15, -0.1) is 13.2 Å². The third kappa shape index (κ3) is 6.60. The number of urea groups is 1. The summed E-state index contributed by atoms with van der Waals surface area (Å²) in [5.41, 5.74) is 6.24. The van der Waals surface area contributed by atoms with Crippen LogP contribution in [0.25, 0.3) is 27.6 Å². The Kier molecular flexibility index (Phi) is 7.84. The first-order valence-electron chi connectivity index (χ1n) is 12.6. The molecule has 0 spiro atoms. The largest absolute Gasteiger partial charge is 0.573 e. The van der Waals surface area contributed by atoms with E-state index in [2.05, 4.69) is 43.0 Å². The van der Waals surface area contributed by atoms with Gasteiger partial charge < -0.3 is 10.1 Å². The van der Waals surface area contributed by atoms with Crippen molar-refractivity contribution in [2.45, 2.75) is 33.1 Å². The smallest absolute Gasteiger partial charge is 0.406 e. The zero-order chi connectivity index (χ0) is 29.1. The molecule has 0 unspecified atom stereocenters. The van der Waals surface area contributed by atoms with Crippen molar-refractivity contribution < 1.29 is 22.7 Å². The molecule has 0 aliphatic heterocycles. The summed E-state index contributed by atoms with van der Waals surface area (Å²) in [6, 6.07) is 18.5. The molecule has 5 aromatic rings. The minimum absolute atomic E-state index is 0.263. The standard InChI is InChI=1S/C29H25F3N6O2S/c1-17(2)22-10-4-18(3)14-25(22)36-28(39)37-41-34-15-19-5-11-23-24(35-19)12-13-26-27(23)33-16-38(26)20-6-8-21(9-7-20)40-29(30,31)32/h4-17H,1-3H3,(H2,36,37,39). The van der Waals surface area contributed by atoms with Crippen molar-refractivity contribution in [2.75, 3.05) is 5.32 Å². The van der Waals surface area contributed by atoms with Gasteiger partial charge in [0.2, 0.25) is 0 Å². The fourth-order valence-electron chi connectivity index (χ4n) is 4.36. The van der Waals surface area contributed by atoms with E-state index in [0.29, 0.717) is 22.4 Å². The molecule has 3 aromatic carbocycles. The molecule has 0 aliphatic rings. The predicted octanol–water partition coefficient (Wildman–Crippen LogP) is 7.71. The van der Waals surface area contributed by atoms with Gasteiger partial charge in [-0.05, 0) is 78.6 Å². The minimum Gasteiger partial charge on any atom is -0.406 e. The molecule has 0 saturated carbocycles. The number of aryl methyl sites for hydroxylation is 1. The topological polar surface area (TPSA) is 93.4 Å². The van der Waals surface area contributed by atoms with Crippen LogP contribution in [0.4, 0.5) is 23.7 Å². The quantitative estimate of drug-likeness (QED) is 0.152. The normalized spacial score (nSPS) is 12.0. The molecule has 0 bridgehead atoms. The number of fused-ring (bicyclic) bond motifs is 3. The summed E-state index contributed by atoms with van der Waals surface area (Å²) in [5, 5.41) is 3.68. The maximum atomic E-state index is 12.5. The molecule has 0 saturated heterocycles. The highest BCUT2D eigenvalue weighted by Crippen LogP contribution is 2.28. The van der Waals surface area contributed by atoms with E-state index in [0.717, 1.165) is 39.9 Å². The maximum absolute atomic E-state index is 12.5. The van der Waals surface area contributed by atoms with Crippen LogP contribution in [0, 0.1) is 6.92 Å². The number of nitrogens with one attached hydrogen (secondary N) is 2. The van der Waals surface area contributed by atoms with E-state index in [9.17, 15) is 18.0 Å². The van der Waals surface area contributed by atoms with Crippen molar-refractivity contribution >= 4 is 52.0 Å². The van der Waals surface area contributed by atoms with Gasteiger partial charge in [-0.2, -0.15) is 0 Å². The number of imidazole rings is 1. The third-order valence-electron chi connectivity index (χ3n) is 6.21. The molecule has 0 aliphatic carbocycles. The molecule has 210 valence electrons. The Balaban J connectivity index is 1.26. The van der Waals surface area contributed by atoms with E-state index < -0.39 is 6.36 Å². The zero-order valence-corrected chi connectivity index (χ0v) is 23.0. The Bertz CT molecular complexity index is 1750. The first kappa shape index (κ1) is 28.0.